The van der Waals surface area contributed by atoms with E-state index in [0.717, 1.165) is 22.6 Å². The van der Waals surface area contributed by atoms with Crippen molar-refractivity contribution in [1.82, 2.24) is 19.5 Å². The van der Waals surface area contributed by atoms with E-state index in [4.69, 9.17) is 4.74 Å². The average Bonchev–Trinajstić information content (AvgIpc) is 3.30. The third kappa shape index (κ3) is 4.30. The molecule has 0 bridgehead atoms. The minimum absolute atomic E-state index is 0.330. The number of aromatic nitrogens is 4. The van der Waals surface area contributed by atoms with Gasteiger partial charge in [0.15, 0.2) is 0 Å². The van der Waals surface area contributed by atoms with Crippen molar-refractivity contribution in [3.63, 3.8) is 0 Å². The second-order valence-corrected chi connectivity index (χ2v) is 6.21. The molecule has 0 saturated carbocycles. The molecule has 7 heteroatoms. The maximum Gasteiger partial charge on any atom is 0.338 e. The SMILES string of the molecule is CCOC(=O)c1ccc(-c2ccnc(Nc3ccc(-n4ccnc4)cc3)n2)cc1. The maximum absolute atomic E-state index is 11.8. The molecule has 144 valence electrons. The zero-order chi connectivity index (χ0) is 20.1. The number of rotatable bonds is 6. The molecule has 29 heavy (non-hydrogen) atoms. The van der Waals surface area contributed by atoms with Crippen LogP contribution in [0.3, 0.4) is 0 Å². The van der Waals surface area contributed by atoms with Gasteiger partial charge in [-0.25, -0.2) is 19.7 Å². The van der Waals surface area contributed by atoms with Crippen molar-refractivity contribution in [2.75, 3.05) is 11.9 Å². The van der Waals surface area contributed by atoms with Crippen LogP contribution in [0.25, 0.3) is 16.9 Å². The van der Waals surface area contributed by atoms with Gasteiger partial charge in [-0.05, 0) is 49.4 Å². The quantitative estimate of drug-likeness (QED) is 0.500. The first-order chi connectivity index (χ1) is 14.2. The molecule has 0 spiro atoms. The molecule has 1 N–H and O–H groups in total. The number of carbonyl (C=O) groups excluding carboxylic acids is 1. The highest BCUT2D eigenvalue weighted by atomic mass is 16.5. The third-order valence-corrected chi connectivity index (χ3v) is 4.27. The molecule has 0 atom stereocenters. The molecule has 2 aromatic carbocycles. The van der Waals surface area contributed by atoms with E-state index >= 15 is 0 Å². The molecular weight excluding hydrogens is 366 g/mol. The third-order valence-electron chi connectivity index (χ3n) is 4.27. The van der Waals surface area contributed by atoms with Gasteiger partial charge in [0.05, 0.1) is 24.2 Å². The Labute approximate surface area is 168 Å². The van der Waals surface area contributed by atoms with Gasteiger partial charge in [0, 0.05) is 35.5 Å². The van der Waals surface area contributed by atoms with Crippen LogP contribution in [0.2, 0.25) is 0 Å². The van der Waals surface area contributed by atoms with E-state index in [9.17, 15) is 4.79 Å². The molecule has 0 unspecified atom stereocenters. The Morgan fingerprint density at radius 2 is 1.83 bits per heavy atom. The monoisotopic (exact) mass is 385 g/mol. The summed E-state index contributed by atoms with van der Waals surface area (Å²) in [5, 5.41) is 3.21. The fourth-order valence-electron chi connectivity index (χ4n) is 2.83. The van der Waals surface area contributed by atoms with E-state index in [-0.39, 0.29) is 5.97 Å². The standard InChI is InChI=1S/C22H19N5O2/c1-2-29-21(28)17-5-3-16(4-6-17)20-11-12-24-22(26-20)25-18-7-9-19(10-8-18)27-14-13-23-15-27/h3-15H,2H2,1H3,(H,24,25,26). The Hall–Kier alpha value is -4.00. The van der Waals surface area contributed by atoms with E-state index < -0.39 is 0 Å². The van der Waals surface area contributed by atoms with Crippen LogP contribution in [-0.2, 0) is 4.74 Å². The molecule has 4 rings (SSSR count). The minimum Gasteiger partial charge on any atom is -0.462 e. The molecule has 0 aliphatic heterocycles. The van der Waals surface area contributed by atoms with Crippen molar-refractivity contribution in [2.24, 2.45) is 0 Å². The maximum atomic E-state index is 11.8. The molecule has 2 aromatic heterocycles. The van der Waals surface area contributed by atoms with E-state index in [1.807, 2.05) is 53.2 Å². The molecule has 0 radical (unpaired) electrons. The molecule has 7 nitrogen and oxygen atoms in total. The molecule has 0 aliphatic carbocycles. The Morgan fingerprint density at radius 1 is 1.03 bits per heavy atom. The second kappa shape index (κ2) is 8.35. The molecule has 4 aromatic rings. The van der Waals surface area contributed by atoms with Gasteiger partial charge in [0.2, 0.25) is 5.95 Å². The minimum atomic E-state index is -0.330. The van der Waals surface area contributed by atoms with Crippen LogP contribution in [0.5, 0.6) is 0 Å². The number of nitrogens with one attached hydrogen (secondary N) is 1. The van der Waals surface area contributed by atoms with Crippen LogP contribution in [0, 0.1) is 0 Å². The van der Waals surface area contributed by atoms with Gasteiger partial charge in [0.25, 0.3) is 0 Å². The van der Waals surface area contributed by atoms with Crippen LogP contribution in [0.4, 0.5) is 11.6 Å². The summed E-state index contributed by atoms with van der Waals surface area (Å²) in [6.07, 6.45) is 7.08. The largest absolute Gasteiger partial charge is 0.462 e. The second-order valence-electron chi connectivity index (χ2n) is 6.21. The van der Waals surface area contributed by atoms with Crippen LogP contribution in [-0.4, -0.2) is 32.1 Å². The highest BCUT2D eigenvalue weighted by molar-refractivity contribution is 5.90. The lowest BCUT2D eigenvalue weighted by atomic mass is 10.1. The van der Waals surface area contributed by atoms with Gasteiger partial charge >= 0.3 is 5.97 Å². The first-order valence-corrected chi connectivity index (χ1v) is 9.19. The fraction of sp³-hybridized carbons (Fsp3) is 0.0909. The number of ether oxygens (including phenoxy) is 1. The molecule has 0 fully saturated rings. The van der Waals surface area contributed by atoms with Crippen LogP contribution >= 0.6 is 0 Å². The van der Waals surface area contributed by atoms with Gasteiger partial charge in [-0.15, -0.1) is 0 Å². The number of imidazole rings is 1. The van der Waals surface area contributed by atoms with Crippen molar-refractivity contribution < 1.29 is 9.53 Å². The van der Waals surface area contributed by atoms with E-state index in [0.29, 0.717) is 18.1 Å². The van der Waals surface area contributed by atoms with E-state index in [1.165, 1.54) is 0 Å². The lowest BCUT2D eigenvalue weighted by molar-refractivity contribution is 0.0526. The predicted molar refractivity (Wildman–Crippen MR) is 110 cm³/mol. The van der Waals surface area contributed by atoms with Crippen molar-refractivity contribution >= 4 is 17.6 Å². The Balaban J connectivity index is 1.49. The topological polar surface area (TPSA) is 81.9 Å². The van der Waals surface area contributed by atoms with E-state index in [2.05, 4.69) is 20.3 Å². The summed E-state index contributed by atoms with van der Waals surface area (Å²) in [6, 6.07) is 16.9. The summed E-state index contributed by atoms with van der Waals surface area (Å²) >= 11 is 0. The number of hydrogen-bond acceptors (Lipinski definition) is 6. The van der Waals surface area contributed by atoms with Crippen LogP contribution < -0.4 is 5.32 Å². The van der Waals surface area contributed by atoms with Gasteiger partial charge in [-0.2, -0.15) is 0 Å². The lowest BCUT2D eigenvalue weighted by Gasteiger charge is -2.08. The summed E-state index contributed by atoms with van der Waals surface area (Å²) in [4.78, 5) is 24.7. The average molecular weight is 385 g/mol. The lowest BCUT2D eigenvalue weighted by Crippen LogP contribution is -2.04. The smallest absolute Gasteiger partial charge is 0.338 e. The van der Waals surface area contributed by atoms with Crippen molar-refractivity contribution in [2.45, 2.75) is 6.92 Å². The Morgan fingerprint density at radius 3 is 2.52 bits per heavy atom. The van der Waals surface area contributed by atoms with Gasteiger partial charge in [0.1, 0.15) is 0 Å². The Kier molecular flexibility index (Phi) is 5.29. The number of benzene rings is 2. The van der Waals surface area contributed by atoms with Crippen LogP contribution in [0.1, 0.15) is 17.3 Å². The number of esters is 1. The summed E-state index contributed by atoms with van der Waals surface area (Å²) in [7, 11) is 0. The summed E-state index contributed by atoms with van der Waals surface area (Å²) in [6.45, 7) is 2.14. The normalized spacial score (nSPS) is 10.5. The highest BCUT2D eigenvalue weighted by Crippen LogP contribution is 2.21. The molecule has 0 amide bonds. The Bertz CT molecular complexity index is 1090. The number of nitrogens with zero attached hydrogens (tertiary/aromatic N) is 4. The summed E-state index contributed by atoms with van der Waals surface area (Å²) < 4.78 is 6.94. The molecule has 2 heterocycles. The first kappa shape index (κ1) is 18.4. The van der Waals surface area contributed by atoms with E-state index in [1.54, 1.807) is 37.8 Å². The van der Waals surface area contributed by atoms with Crippen LogP contribution in [0.15, 0.2) is 79.5 Å². The highest BCUT2D eigenvalue weighted by Gasteiger charge is 2.08. The van der Waals surface area contributed by atoms with Crippen molar-refractivity contribution in [3.8, 4) is 16.9 Å². The number of anilines is 2. The van der Waals surface area contributed by atoms with Gasteiger partial charge in [-0.3, -0.25) is 0 Å². The molecule has 0 saturated heterocycles. The zero-order valence-corrected chi connectivity index (χ0v) is 15.8. The van der Waals surface area contributed by atoms with Crippen molar-refractivity contribution in [1.29, 1.82) is 0 Å². The zero-order valence-electron chi connectivity index (χ0n) is 15.8. The molecular formula is C22H19N5O2. The summed E-state index contributed by atoms with van der Waals surface area (Å²) in [5.74, 6) is 0.163. The summed E-state index contributed by atoms with van der Waals surface area (Å²) in [5.41, 5.74) is 4.06. The number of hydrogen-bond donors (Lipinski definition) is 1. The first-order valence-electron chi connectivity index (χ1n) is 9.19. The molecule has 0 aliphatic rings. The van der Waals surface area contributed by atoms with Gasteiger partial charge < -0.3 is 14.6 Å². The van der Waals surface area contributed by atoms with Crippen molar-refractivity contribution in [3.05, 3.63) is 85.1 Å². The number of carbonyl (C=O) groups is 1. The van der Waals surface area contributed by atoms with Gasteiger partial charge in [-0.1, -0.05) is 12.1 Å². The fourth-order valence-corrected chi connectivity index (χ4v) is 2.83. The predicted octanol–water partition coefficient (Wildman–Crippen LogP) is 4.25.